The number of hydrogen-bond donors (Lipinski definition) is 1. The number of allylic oxidation sites excluding steroid dienone is 2. The Morgan fingerprint density at radius 3 is 2.65 bits per heavy atom. The Labute approximate surface area is 102 Å². The maximum Gasteiger partial charge on any atom is 0.328 e. The van der Waals surface area contributed by atoms with E-state index in [1.54, 1.807) is 0 Å². The summed E-state index contributed by atoms with van der Waals surface area (Å²) in [7, 11) is 1.34. The van der Waals surface area contributed by atoms with Gasteiger partial charge in [0.1, 0.15) is 6.04 Å². The normalized spacial score (nSPS) is 20.4. The third kappa shape index (κ3) is 4.21. The van der Waals surface area contributed by atoms with Crippen molar-refractivity contribution in [1.82, 2.24) is 5.32 Å². The van der Waals surface area contributed by atoms with E-state index in [-0.39, 0.29) is 17.8 Å². The molecule has 1 aliphatic rings. The number of carbonyl (C=O) groups is 2. The van der Waals surface area contributed by atoms with Gasteiger partial charge in [0.05, 0.1) is 7.11 Å². The fraction of sp³-hybridized carbons (Fsp3) is 0.692. The molecule has 1 amide bonds. The predicted octanol–water partition coefficient (Wildman–Crippen LogP) is 1.66. The van der Waals surface area contributed by atoms with Gasteiger partial charge in [0.15, 0.2) is 0 Å². The summed E-state index contributed by atoms with van der Waals surface area (Å²) in [6, 6.07) is -0.544. The van der Waals surface area contributed by atoms with Crippen molar-refractivity contribution in [2.24, 2.45) is 11.8 Å². The number of rotatable bonds is 5. The van der Waals surface area contributed by atoms with E-state index in [4.69, 9.17) is 0 Å². The molecule has 96 valence electrons. The number of nitrogens with one attached hydrogen (secondary N) is 1. The summed E-state index contributed by atoms with van der Waals surface area (Å²) < 4.78 is 4.68. The van der Waals surface area contributed by atoms with Crippen molar-refractivity contribution in [3.8, 4) is 0 Å². The minimum atomic E-state index is -0.544. The van der Waals surface area contributed by atoms with E-state index in [1.807, 2.05) is 13.8 Å². The Kier molecular flexibility index (Phi) is 5.19. The van der Waals surface area contributed by atoms with Crippen LogP contribution in [0.5, 0.6) is 0 Å². The van der Waals surface area contributed by atoms with Gasteiger partial charge in [-0.05, 0) is 24.7 Å². The third-order valence-corrected chi connectivity index (χ3v) is 3.00. The van der Waals surface area contributed by atoms with E-state index in [1.165, 1.54) is 7.11 Å². The molecule has 0 fully saturated rings. The zero-order chi connectivity index (χ0) is 12.8. The molecule has 1 unspecified atom stereocenters. The lowest BCUT2D eigenvalue weighted by Crippen LogP contribution is -2.45. The van der Waals surface area contributed by atoms with Crippen LogP contribution in [0.4, 0.5) is 0 Å². The van der Waals surface area contributed by atoms with E-state index in [2.05, 4.69) is 22.2 Å². The Hall–Kier alpha value is -1.32. The monoisotopic (exact) mass is 239 g/mol. The number of amides is 1. The van der Waals surface area contributed by atoms with Crippen LogP contribution in [-0.2, 0) is 14.3 Å². The molecule has 0 bridgehead atoms. The zero-order valence-electron chi connectivity index (χ0n) is 10.7. The lowest BCUT2D eigenvalue weighted by Gasteiger charge is -2.20. The second kappa shape index (κ2) is 6.42. The molecular weight excluding hydrogens is 218 g/mol. The van der Waals surface area contributed by atoms with Crippen molar-refractivity contribution in [2.75, 3.05) is 7.11 Å². The topological polar surface area (TPSA) is 55.4 Å². The van der Waals surface area contributed by atoms with Crippen molar-refractivity contribution >= 4 is 11.9 Å². The van der Waals surface area contributed by atoms with Crippen LogP contribution in [0.2, 0.25) is 0 Å². The molecule has 1 N–H and O–H groups in total. The molecule has 0 aromatic carbocycles. The molecule has 1 rings (SSSR count). The first-order chi connectivity index (χ1) is 8.04. The SMILES string of the molecule is COC(=O)[C@@H](NC(=O)CC1C=CCC1)C(C)C. The van der Waals surface area contributed by atoms with Gasteiger partial charge in [-0.3, -0.25) is 4.79 Å². The lowest BCUT2D eigenvalue weighted by molar-refractivity contribution is -0.146. The molecule has 0 saturated carbocycles. The first-order valence-corrected chi connectivity index (χ1v) is 6.08. The van der Waals surface area contributed by atoms with Gasteiger partial charge in [0.25, 0.3) is 0 Å². The Bertz CT molecular complexity index is 310. The van der Waals surface area contributed by atoms with Crippen LogP contribution in [0.15, 0.2) is 12.2 Å². The highest BCUT2D eigenvalue weighted by Crippen LogP contribution is 2.20. The molecule has 2 atom stereocenters. The molecule has 4 nitrogen and oxygen atoms in total. The minimum Gasteiger partial charge on any atom is -0.467 e. The van der Waals surface area contributed by atoms with E-state index >= 15 is 0 Å². The second-order valence-electron chi connectivity index (χ2n) is 4.78. The van der Waals surface area contributed by atoms with Crippen LogP contribution < -0.4 is 5.32 Å². The van der Waals surface area contributed by atoms with Gasteiger partial charge in [-0.2, -0.15) is 0 Å². The number of methoxy groups -OCH3 is 1. The molecule has 0 aliphatic heterocycles. The number of ether oxygens (including phenoxy) is 1. The molecule has 0 aromatic rings. The molecule has 0 aromatic heterocycles. The van der Waals surface area contributed by atoms with Crippen LogP contribution in [-0.4, -0.2) is 25.0 Å². The Morgan fingerprint density at radius 1 is 1.47 bits per heavy atom. The van der Waals surface area contributed by atoms with Crippen molar-refractivity contribution in [2.45, 2.75) is 39.2 Å². The van der Waals surface area contributed by atoms with E-state index in [0.29, 0.717) is 12.3 Å². The van der Waals surface area contributed by atoms with Gasteiger partial charge in [0.2, 0.25) is 5.91 Å². The highest BCUT2D eigenvalue weighted by Gasteiger charge is 2.25. The molecule has 0 radical (unpaired) electrons. The average Bonchev–Trinajstić information content (AvgIpc) is 2.77. The van der Waals surface area contributed by atoms with Crippen LogP contribution in [0.3, 0.4) is 0 Å². The Morgan fingerprint density at radius 2 is 2.18 bits per heavy atom. The van der Waals surface area contributed by atoms with Crippen LogP contribution in [0.25, 0.3) is 0 Å². The van der Waals surface area contributed by atoms with Gasteiger partial charge < -0.3 is 10.1 Å². The first kappa shape index (κ1) is 13.7. The molecule has 17 heavy (non-hydrogen) atoms. The summed E-state index contributed by atoms with van der Waals surface area (Å²) in [5, 5.41) is 2.75. The molecule has 0 spiro atoms. The number of hydrogen-bond acceptors (Lipinski definition) is 3. The second-order valence-corrected chi connectivity index (χ2v) is 4.78. The fourth-order valence-electron chi connectivity index (χ4n) is 1.96. The maximum absolute atomic E-state index is 11.8. The van der Waals surface area contributed by atoms with E-state index in [9.17, 15) is 9.59 Å². The van der Waals surface area contributed by atoms with E-state index < -0.39 is 6.04 Å². The van der Waals surface area contributed by atoms with Crippen molar-refractivity contribution in [1.29, 1.82) is 0 Å². The summed E-state index contributed by atoms with van der Waals surface area (Å²) in [6.07, 6.45) is 6.69. The number of carbonyl (C=O) groups excluding carboxylic acids is 2. The third-order valence-electron chi connectivity index (χ3n) is 3.00. The van der Waals surface area contributed by atoms with Gasteiger partial charge in [-0.15, -0.1) is 0 Å². The Balaban J connectivity index is 2.46. The summed E-state index contributed by atoms with van der Waals surface area (Å²) in [6.45, 7) is 3.77. The largest absolute Gasteiger partial charge is 0.467 e. The molecule has 1 aliphatic carbocycles. The van der Waals surface area contributed by atoms with Gasteiger partial charge >= 0.3 is 5.97 Å². The van der Waals surface area contributed by atoms with Gasteiger partial charge in [-0.25, -0.2) is 4.79 Å². The van der Waals surface area contributed by atoms with E-state index in [0.717, 1.165) is 12.8 Å². The predicted molar refractivity (Wildman–Crippen MR) is 65.3 cm³/mol. The maximum atomic E-state index is 11.8. The highest BCUT2D eigenvalue weighted by atomic mass is 16.5. The quantitative estimate of drug-likeness (QED) is 0.586. The van der Waals surface area contributed by atoms with Crippen molar-refractivity contribution in [3.63, 3.8) is 0 Å². The molecule has 0 saturated heterocycles. The van der Waals surface area contributed by atoms with Gasteiger partial charge in [-0.1, -0.05) is 26.0 Å². The lowest BCUT2D eigenvalue weighted by atomic mass is 10.0. The fourth-order valence-corrected chi connectivity index (χ4v) is 1.96. The van der Waals surface area contributed by atoms with Gasteiger partial charge in [0, 0.05) is 6.42 Å². The van der Waals surface area contributed by atoms with Crippen LogP contribution in [0, 0.1) is 11.8 Å². The van der Waals surface area contributed by atoms with Crippen molar-refractivity contribution in [3.05, 3.63) is 12.2 Å². The minimum absolute atomic E-state index is 0.0329. The summed E-state index contributed by atoms with van der Waals surface area (Å²) in [4.78, 5) is 23.3. The summed E-state index contributed by atoms with van der Waals surface area (Å²) in [5.41, 5.74) is 0. The molecule has 4 heteroatoms. The average molecular weight is 239 g/mol. The first-order valence-electron chi connectivity index (χ1n) is 6.08. The molecule has 0 heterocycles. The summed E-state index contributed by atoms with van der Waals surface area (Å²) >= 11 is 0. The van der Waals surface area contributed by atoms with Crippen molar-refractivity contribution < 1.29 is 14.3 Å². The molecular formula is C13H21NO3. The smallest absolute Gasteiger partial charge is 0.328 e. The number of esters is 1. The highest BCUT2D eigenvalue weighted by molar-refractivity contribution is 5.84. The van der Waals surface area contributed by atoms with Crippen LogP contribution >= 0.6 is 0 Å². The van der Waals surface area contributed by atoms with Crippen LogP contribution in [0.1, 0.15) is 33.1 Å². The standard InChI is InChI=1S/C13H21NO3/c1-9(2)12(13(16)17-3)14-11(15)8-10-6-4-5-7-10/h4,6,9-10,12H,5,7-8H2,1-3H3,(H,14,15)/t10?,12-/m0/s1. The zero-order valence-corrected chi connectivity index (χ0v) is 10.7. The summed E-state index contributed by atoms with van der Waals surface area (Å²) in [5.74, 6) is -0.105.